The van der Waals surface area contributed by atoms with Gasteiger partial charge in [-0.3, -0.25) is 9.59 Å². The standard InChI is InChI=1S/C14H17F3N2O3/c1-8(3-4-20)18-13(22)10-5-11(14(15,16)17)7-12(6-10)19-9(2)21/h5-8,20H,3-4H2,1-2H3,(H,18,22)(H,19,21). The molecule has 1 aromatic rings. The predicted molar refractivity (Wildman–Crippen MR) is 74.4 cm³/mol. The fourth-order valence-electron chi connectivity index (χ4n) is 1.77. The number of hydrogen-bond donors (Lipinski definition) is 3. The average Bonchev–Trinajstić information content (AvgIpc) is 2.36. The lowest BCUT2D eigenvalue weighted by molar-refractivity contribution is -0.137. The van der Waals surface area contributed by atoms with Gasteiger partial charge in [-0.2, -0.15) is 13.2 Å². The molecule has 0 radical (unpaired) electrons. The van der Waals surface area contributed by atoms with Crippen LogP contribution in [-0.4, -0.2) is 29.6 Å². The van der Waals surface area contributed by atoms with Gasteiger partial charge in [0, 0.05) is 30.8 Å². The maximum Gasteiger partial charge on any atom is 0.416 e. The molecule has 0 aliphatic carbocycles. The number of rotatable bonds is 5. The summed E-state index contributed by atoms with van der Waals surface area (Å²) in [5.41, 5.74) is -1.36. The quantitative estimate of drug-likeness (QED) is 0.778. The highest BCUT2D eigenvalue weighted by Gasteiger charge is 2.32. The van der Waals surface area contributed by atoms with Crippen LogP contribution in [0.25, 0.3) is 0 Å². The summed E-state index contributed by atoms with van der Waals surface area (Å²) < 4.78 is 38.6. The summed E-state index contributed by atoms with van der Waals surface area (Å²) in [7, 11) is 0. The minimum Gasteiger partial charge on any atom is -0.396 e. The Morgan fingerprint density at radius 1 is 1.27 bits per heavy atom. The van der Waals surface area contributed by atoms with E-state index in [1.807, 2.05) is 0 Å². The van der Waals surface area contributed by atoms with Crippen LogP contribution in [0.3, 0.4) is 0 Å². The van der Waals surface area contributed by atoms with E-state index in [-0.39, 0.29) is 24.3 Å². The van der Waals surface area contributed by atoms with Crippen molar-refractivity contribution in [3.8, 4) is 0 Å². The Morgan fingerprint density at radius 3 is 2.41 bits per heavy atom. The van der Waals surface area contributed by atoms with Crippen molar-refractivity contribution in [2.45, 2.75) is 32.5 Å². The number of benzene rings is 1. The number of aliphatic hydroxyl groups is 1. The lowest BCUT2D eigenvalue weighted by atomic mass is 10.1. The first-order chi connectivity index (χ1) is 10.1. The molecule has 5 nitrogen and oxygen atoms in total. The van der Waals surface area contributed by atoms with Gasteiger partial charge in [-0.05, 0) is 31.5 Å². The van der Waals surface area contributed by atoms with Crippen molar-refractivity contribution in [1.29, 1.82) is 0 Å². The van der Waals surface area contributed by atoms with Gasteiger partial charge < -0.3 is 15.7 Å². The van der Waals surface area contributed by atoms with E-state index in [0.29, 0.717) is 6.07 Å². The van der Waals surface area contributed by atoms with Gasteiger partial charge in [0.05, 0.1) is 5.56 Å². The van der Waals surface area contributed by atoms with Gasteiger partial charge in [-0.1, -0.05) is 0 Å². The molecular weight excluding hydrogens is 301 g/mol. The van der Waals surface area contributed by atoms with Gasteiger partial charge in [0.25, 0.3) is 5.91 Å². The van der Waals surface area contributed by atoms with Crippen LogP contribution in [0.2, 0.25) is 0 Å². The first-order valence-corrected chi connectivity index (χ1v) is 6.55. The number of carbonyl (C=O) groups excluding carboxylic acids is 2. The SMILES string of the molecule is CC(=O)Nc1cc(C(=O)NC(C)CCO)cc(C(F)(F)F)c1. The van der Waals surface area contributed by atoms with Gasteiger partial charge in [0.2, 0.25) is 5.91 Å². The highest BCUT2D eigenvalue weighted by atomic mass is 19.4. The molecule has 3 N–H and O–H groups in total. The van der Waals surface area contributed by atoms with Gasteiger partial charge >= 0.3 is 6.18 Å². The second-order valence-corrected chi connectivity index (χ2v) is 4.86. The summed E-state index contributed by atoms with van der Waals surface area (Å²) in [6, 6.07) is 2.25. The van der Waals surface area contributed by atoms with Crippen LogP contribution in [0, 0.1) is 0 Å². The molecule has 1 atom stereocenters. The van der Waals surface area contributed by atoms with Crippen LogP contribution >= 0.6 is 0 Å². The Hall–Kier alpha value is -2.09. The molecule has 0 saturated heterocycles. The lowest BCUT2D eigenvalue weighted by Gasteiger charge is -2.15. The Bertz CT molecular complexity index is 559. The van der Waals surface area contributed by atoms with Crippen molar-refractivity contribution >= 4 is 17.5 Å². The summed E-state index contributed by atoms with van der Waals surface area (Å²) in [6.07, 6.45) is -4.36. The Morgan fingerprint density at radius 2 is 1.91 bits per heavy atom. The van der Waals surface area contributed by atoms with Gasteiger partial charge in [-0.15, -0.1) is 0 Å². The number of alkyl halides is 3. The summed E-state index contributed by atoms with van der Waals surface area (Å²) >= 11 is 0. The smallest absolute Gasteiger partial charge is 0.396 e. The van der Waals surface area contributed by atoms with E-state index in [4.69, 9.17) is 5.11 Å². The molecule has 0 saturated carbocycles. The Kier molecular flexibility index (Phi) is 5.92. The van der Waals surface area contributed by atoms with Crippen molar-refractivity contribution in [3.63, 3.8) is 0 Å². The third-order valence-electron chi connectivity index (χ3n) is 2.78. The molecule has 0 aromatic heterocycles. The van der Waals surface area contributed by atoms with Crippen LogP contribution in [0.15, 0.2) is 18.2 Å². The normalized spacial score (nSPS) is 12.6. The number of amides is 2. The van der Waals surface area contributed by atoms with Crippen molar-refractivity contribution in [2.24, 2.45) is 0 Å². The van der Waals surface area contributed by atoms with Crippen molar-refractivity contribution in [3.05, 3.63) is 29.3 Å². The second kappa shape index (κ2) is 7.26. The number of aliphatic hydroxyl groups excluding tert-OH is 1. The fourth-order valence-corrected chi connectivity index (χ4v) is 1.77. The zero-order chi connectivity index (χ0) is 16.9. The molecule has 0 aliphatic rings. The van der Waals surface area contributed by atoms with E-state index < -0.39 is 29.6 Å². The largest absolute Gasteiger partial charge is 0.416 e. The van der Waals surface area contributed by atoms with E-state index >= 15 is 0 Å². The van der Waals surface area contributed by atoms with E-state index in [1.54, 1.807) is 6.92 Å². The molecular formula is C14H17F3N2O3. The molecule has 0 heterocycles. The van der Waals surface area contributed by atoms with Crippen LogP contribution < -0.4 is 10.6 Å². The molecule has 2 amide bonds. The highest BCUT2D eigenvalue weighted by Crippen LogP contribution is 2.32. The van der Waals surface area contributed by atoms with Crippen LogP contribution in [0.5, 0.6) is 0 Å². The monoisotopic (exact) mass is 318 g/mol. The zero-order valence-corrected chi connectivity index (χ0v) is 12.1. The summed E-state index contributed by atoms with van der Waals surface area (Å²) in [5.74, 6) is -1.25. The molecule has 1 rings (SSSR count). The number of hydrogen-bond acceptors (Lipinski definition) is 3. The molecule has 8 heteroatoms. The van der Waals surface area contributed by atoms with Crippen LogP contribution in [-0.2, 0) is 11.0 Å². The number of carbonyl (C=O) groups is 2. The third kappa shape index (κ3) is 5.36. The maximum atomic E-state index is 12.9. The minimum absolute atomic E-state index is 0.109. The van der Waals surface area contributed by atoms with Crippen LogP contribution in [0.4, 0.5) is 18.9 Å². The summed E-state index contributed by atoms with van der Waals surface area (Å²) in [6.45, 7) is 2.63. The van der Waals surface area contributed by atoms with E-state index in [1.165, 1.54) is 0 Å². The highest BCUT2D eigenvalue weighted by molar-refractivity contribution is 5.97. The average molecular weight is 318 g/mol. The lowest BCUT2D eigenvalue weighted by Crippen LogP contribution is -2.33. The van der Waals surface area contributed by atoms with Crippen molar-refractivity contribution in [1.82, 2.24) is 5.32 Å². The zero-order valence-electron chi connectivity index (χ0n) is 12.1. The topological polar surface area (TPSA) is 78.4 Å². The van der Waals surface area contributed by atoms with E-state index in [9.17, 15) is 22.8 Å². The first-order valence-electron chi connectivity index (χ1n) is 6.55. The van der Waals surface area contributed by atoms with E-state index in [2.05, 4.69) is 10.6 Å². The molecule has 122 valence electrons. The fraction of sp³-hybridized carbons (Fsp3) is 0.429. The van der Waals surface area contributed by atoms with Crippen molar-refractivity contribution < 1.29 is 27.9 Å². The second-order valence-electron chi connectivity index (χ2n) is 4.86. The number of anilines is 1. The predicted octanol–water partition coefficient (Wildman–Crippen LogP) is 2.16. The molecule has 0 spiro atoms. The molecule has 0 bridgehead atoms. The summed E-state index contributed by atoms with van der Waals surface area (Å²) in [5, 5.41) is 13.5. The molecule has 22 heavy (non-hydrogen) atoms. The van der Waals surface area contributed by atoms with Gasteiger partial charge in [0.1, 0.15) is 0 Å². The van der Waals surface area contributed by atoms with Gasteiger partial charge in [0.15, 0.2) is 0 Å². The number of halogens is 3. The first kappa shape index (κ1) is 18.0. The van der Waals surface area contributed by atoms with Crippen molar-refractivity contribution in [2.75, 3.05) is 11.9 Å². The molecule has 1 unspecified atom stereocenters. The minimum atomic E-state index is -4.64. The van der Waals surface area contributed by atoms with Crippen LogP contribution in [0.1, 0.15) is 36.2 Å². The molecule has 0 aliphatic heterocycles. The molecule has 1 aromatic carbocycles. The molecule has 0 fully saturated rings. The maximum absolute atomic E-state index is 12.9. The number of nitrogens with one attached hydrogen (secondary N) is 2. The Labute approximate surface area is 125 Å². The van der Waals surface area contributed by atoms with E-state index in [0.717, 1.165) is 19.1 Å². The third-order valence-corrected chi connectivity index (χ3v) is 2.78. The Balaban J connectivity index is 3.11. The summed E-state index contributed by atoms with van der Waals surface area (Å²) in [4.78, 5) is 23.0. The van der Waals surface area contributed by atoms with Gasteiger partial charge in [-0.25, -0.2) is 0 Å².